The number of amides is 1. The number of hydrogen-bond donors (Lipinski definition) is 2. The van der Waals surface area contributed by atoms with Gasteiger partial charge in [-0.25, -0.2) is 4.79 Å². The fourth-order valence-electron chi connectivity index (χ4n) is 1.58. The number of ether oxygens (including phenoxy) is 1. The van der Waals surface area contributed by atoms with Crippen molar-refractivity contribution < 1.29 is 18.7 Å². The fraction of sp³-hybridized carbons (Fsp3) is 0.571. The van der Waals surface area contributed by atoms with Gasteiger partial charge in [-0.2, -0.15) is 0 Å². The molecule has 1 heterocycles. The molecule has 0 bridgehead atoms. The smallest absolute Gasteiger partial charge is 0.374 e. The van der Waals surface area contributed by atoms with E-state index < -0.39 is 5.97 Å². The summed E-state index contributed by atoms with van der Waals surface area (Å²) in [5.74, 6) is -0.470. The van der Waals surface area contributed by atoms with Crippen molar-refractivity contribution in [3.05, 3.63) is 23.7 Å². The van der Waals surface area contributed by atoms with E-state index in [4.69, 9.17) is 4.42 Å². The van der Waals surface area contributed by atoms with E-state index in [1.165, 1.54) is 13.4 Å². The maximum atomic E-state index is 11.9. The highest BCUT2D eigenvalue weighted by Crippen LogP contribution is 2.11. The molecular formula is C14H22N2O4. The average molecular weight is 282 g/mol. The van der Waals surface area contributed by atoms with Gasteiger partial charge in [-0.1, -0.05) is 0 Å². The predicted octanol–water partition coefficient (Wildman–Crippen LogP) is 1.46. The van der Waals surface area contributed by atoms with Gasteiger partial charge in [-0.3, -0.25) is 4.79 Å². The summed E-state index contributed by atoms with van der Waals surface area (Å²) in [6.45, 7) is 7.87. The number of carbonyl (C=O) groups is 2. The van der Waals surface area contributed by atoms with Crippen LogP contribution in [0.15, 0.2) is 16.7 Å². The number of hydrogen-bond acceptors (Lipinski definition) is 5. The summed E-state index contributed by atoms with van der Waals surface area (Å²) in [6, 6.07) is 1.29. The first-order chi connectivity index (χ1) is 9.24. The topological polar surface area (TPSA) is 80.6 Å². The van der Waals surface area contributed by atoms with E-state index in [-0.39, 0.29) is 23.2 Å². The first-order valence-electron chi connectivity index (χ1n) is 6.44. The zero-order chi connectivity index (χ0) is 15.3. The van der Waals surface area contributed by atoms with Gasteiger partial charge in [-0.05, 0) is 33.8 Å². The molecule has 0 radical (unpaired) electrons. The molecule has 1 aromatic heterocycles. The van der Waals surface area contributed by atoms with Crippen molar-refractivity contribution in [2.24, 2.45) is 0 Å². The SMILES string of the molecule is COC(=O)c1occc1CNC(C)C(=O)NC(C)(C)C. The van der Waals surface area contributed by atoms with Crippen molar-refractivity contribution in [3.63, 3.8) is 0 Å². The van der Waals surface area contributed by atoms with E-state index in [2.05, 4.69) is 15.4 Å². The maximum absolute atomic E-state index is 11.9. The van der Waals surface area contributed by atoms with Crippen molar-refractivity contribution in [2.75, 3.05) is 7.11 Å². The van der Waals surface area contributed by atoms with Gasteiger partial charge in [0.05, 0.1) is 19.4 Å². The molecule has 0 aliphatic heterocycles. The number of rotatable bonds is 5. The van der Waals surface area contributed by atoms with Crippen molar-refractivity contribution in [2.45, 2.75) is 45.8 Å². The Bertz CT molecular complexity index is 474. The third-order valence-corrected chi connectivity index (χ3v) is 2.61. The largest absolute Gasteiger partial charge is 0.463 e. The Morgan fingerprint density at radius 2 is 2.05 bits per heavy atom. The second-order valence-electron chi connectivity index (χ2n) is 5.61. The quantitative estimate of drug-likeness (QED) is 0.799. The zero-order valence-electron chi connectivity index (χ0n) is 12.6. The number of carbonyl (C=O) groups excluding carboxylic acids is 2. The molecule has 0 spiro atoms. The Morgan fingerprint density at radius 1 is 1.40 bits per heavy atom. The Hall–Kier alpha value is -1.82. The highest BCUT2D eigenvalue weighted by atomic mass is 16.5. The summed E-state index contributed by atoms with van der Waals surface area (Å²) < 4.78 is 9.69. The molecule has 20 heavy (non-hydrogen) atoms. The molecule has 2 N–H and O–H groups in total. The monoisotopic (exact) mass is 282 g/mol. The highest BCUT2D eigenvalue weighted by molar-refractivity contribution is 5.87. The van der Waals surface area contributed by atoms with Gasteiger partial charge in [0.15, 0.2) is 0 Å². The van der Waals surface area contributed by atoms with Crippen LogP contribution in [0.4, 0.5) is 0 Å². The zero-order valence-corrected chi connectivity index (χ0v) is 12.6. The molecule has 6 heteroatoms. The molecule has 1 atom stereocenters. The molecule has 0 aliphatic carbocycles. The Kier molecular flexibility index (Phi) is 5.33. The summed E-state index contributed by atoms with van der Waals surface area (Å²) in [5, 5.41) is 5.93. The fourth-order valence-corrected chi connectivity index (χ4v) is 1.58. The Morgan fingerprint density at radius 3 is 2.60 bits per heavy atom. The first-order valence-corrected chi connectivity index (χ1v) is 6.44. The molecule has 1 rings (SSSR count). The van der Waals surface area contributed by atoms with Crippen LogP contribution >= 0.6 is 0 Å². The number of nitrogens with one attached hydrogen (secondary N) is 2. The average Bonchev–Trinajstić information content (AvgIpc) is 2.81. The lowest BCUT2D eigenvalue weighted by atomic mass is 10.1. The summed E-state index contributed by atoms with van der Waals surface area (Å²) in [5.41, 5.74) is 0.382. The third-order valence-electron chi connectivity index (χ3n) is 2.61. The van der Waals surface area contributed by atoms with Crippen molar-refractivity contribution in [3.8, 4) is 0 Å². The molecule has 1 aromatic rings. The Balaban J connectivity index is 2.57. The van der Waals surface area contributed by atoms with E-state index in [9.17, 15) is 9.59 Å². The van der Waals surface area contributed by atoms with Gasteiger partial charge in [-0.15, -0.1) is 0 Å². The van der Waals surface area contributed by atoms with Crippen LogP contribution in [-0.4, -0.2) is 30.6 Å². The molecule has 0 saturated heterocycles. The summed E-state index contributed by atoms with van der Waals surface area (Å²) in [6.07, 6.45) is 1.42. The predicted molar refractivity (Wildman–Crippen MR) is 74.2 cm³/mol. The number of furan rings is 1. The molecule has 1 unspecified atom stereocenters. The van der Waals surface area contributed by atoms with Crippen molar-refractivity contribution >= 4 is 11.9 Å². The summed E-state index contributed by atoms with van der Waals surface area (Å²) in [4.78, 5) is 23.3. The molecule has 0 aliphatic rings. The second-order valence-corrected chi connectivity index (χ2v) is 5.61. The maximum Gasteiger partial charge on any atom is 0.374 e. The van der Waals surface area contributed by atoms with Crippen LogP contribution in [0.25, 0.3) is 0 Å². The number of esters is 1. The van der Waals surface area contributed by atoms with Gasteiger partial charge in [0.1, 0.15) is 0 Å². The standard InChI is InChI=1S/C14H22N2O4/c1-9(12(17)16-14(2,3)4)15-8-10-6-7-20-11(10)13(18)19-5/h6-7,9,15H,8H2,1-5H3,(H,16,17). The normalized spacial score (nSPS) is 12.8. The Labute approximate surface area is 118 Å². The van der Waals surface area contributed by atoms with E-state index in [0.717, 1.165) is 0 Å². The van der Waals surface area contributed by atoms with E-state index in [1.54, 1.807) is 13.0 Å². The van der Waals surface area contributed by atoms with E-state index >= 15 is 0 Å². The van der Waals surface area contributed by atoms with Crippen LogP contribution in [0, 0.1) is 0 Å². The van der Waals surface area contributed by atoms with Crippen molar-refractivity contribution in [1.82, 2.24) is 10.6 Å². The molecule has 0 saturated carbocycles. The van der Waals surface area contributed by atoms with E-state index in [1.807, 2.05) is 20.8 Å². The molecule has 0 aromatic carbocycles. The van der Waals surface area contributed by atoms with Crippen LogP contribution in [0.2, 0.25) is 0 Å². The first kappa shape index (κ1) is 16.2. The highest BCUT2D eigenvalue weighted by Gasteiger charge is 2.20. The minimum Gasteiger partial charge on any atom is -0.463 e. The van der Waals surface area contributed by atoms with Crippen molar-refractivity contribution in [1.29, 1.82) is 0 Å². The minimum atomic E-state index is -0.529. The lowest BCUT2D eigenvalue weighted by molar-refractivity contribution is -0.124. The molecule has 0 fully saturated rings. The van der Waals surface area contributed by atoms with Gasteiger partial charge < -0.3 is 19.8 Å². The minimum absolute atomic E-state index is 0.0967. The lowest BCUT2D eigenvalue weighted by Gasteiger charge is -2.23. The van der Waals surface area contributed by atoms with Crippen LogP contribution in [0.1, 0.15) is 43.8 Å². The number of methoxy groups -OCH3 is 1. The van der Waals surface area contributed by atoms with Gasteiger partial charge >= 0.3 is 5.97 Å². The lowest BCUT2D eigenvalue weighted by Crippen LogP contribution is -2.49. The second kappa shape index (κ2) is 6.56. The molecule has 112 valence electrons. The van der Waals surface area contributed by atoms with Crippen LogP contribution in [0.5, 0.6) is 0 Å². The van der Waals surface area contributed by atoms with Crippen LogP contribution in [-0.2, 0) is 16.1 Å². The third kappa shape index (κ3) is 4.70. The summed E-state index contributed by atoms with van der Waals surface area (Å²) >= 11 is 0. The molecule has 6 nitrogen and oxygen atoms in total. The molecule has 1 amide bonds. The van der Waals surface area contributed by atoms with E-state index in [0.29, 0.717) is 12.1 Å². The van der Waals surface area contributed by atoms with Gasteiger partial charge in [0.2, 0.25) is 11.7 Å². The van der Waals surface area contributed by atoms with Crippen LogP contribution < -0.4 is 10.6 Å². The van der Waals surface area contributed by atoms with Gasteiger partial charge in [0.25, 0.3) is 0 Å². The summed E-state index contributed by atoms with van der Waals surface area (Å²) in [7, 11) is 1.29. The van der Waals surface area contributed by atoms with Crippen LogP contribution in [0.3, 0.4) is 0 Å². The van der Waals surface area contributed by atoms with Gasteiger partial charge in [0, 0.05) is 17.6 Å². The molecular weight excluding hydrogens is 260 g/mol.